The van der Waals surface area contributed by atoms with Crippen LogP contribution < -0.4 is 10.1 Å². The molecule has 0 aliphatic rings. The average Bonchev–Trinajstić information content (AvgIpc) is 3.39. The minimum Gasteiger partial charge on any atom is -0.497 e. The number of fused-ring (bicyclic) bond motifs is 2. The first-order valence-electron chi connectivity index (χ1n) is 9.22. The molecule has 142 valence electrons. The van der Waals surface area contributed by atoms with Gasteiger partial charge in [-0.1, -0.05) is 12.1 Å². The van der Waals surface area contributed by atoms with E-state index in [1.165, 1.54) is 0 Å². The zero-order chi connectivity index (χ0) is 19.8. The Morgan fingerprint density at radius 3 is 2.66 bits per heavy atom. The predicted octanol–water partition coefficient (Wildman–Crippen LogP) is 4.97. The molecule has 3 aromatic carbocycles. The van der Waals surface area contributed by atoms with Gasteiger partial charge in [-0.25, -0.2) is 4.98 Å². The number of nitrogens with zero attached hydrogens (tertiary/aromatic N) is 1. The molecule has 3 N–H and O–H groups in total. The van der Waals surface area contributed by atoms with Gasteiger partial charge in [-0.2, -0.15) is 0 Å². The Morgan fingerprint density at radius 2 is 1.83 bits per heavy atom. The molecule has 0 saturated carbocycles. The third-order valence-corrected chi connectivity index (χ3v) is 4.92. The lowest BCUT2D eigenvalue weighted by Crippen LogP contribution is -2.11. The number of ether oxygens (including phenoxy) is 1. The van der Waals surface area contributed by atoms with Crippen LogP contribution >= 0.6 is 0 Å². The van der Waals surface area contributed by atoms with Crippen LogP contribution in [0.3, 0.4) is 0 Å². The Kier molecular flexibility index (Phi) is 4.02. The maximum Gasteiger partial charge on any atom is 0.255 e. The molecular weight excluding hydrogens is 364 g/mol. The number of hydrogen-bond donors (Lipinski definition) is 3. The standard InChI is InChI=1S/C23H18N4O2/c1-29-18-7-9-20-21(13-18)27-22(26-20)14-2-4-15(5-3-14)23(28)25-17-6-8-19-16(12-17)10-11-24-19/h2-13,24H,1H3,(H,25,28)(H,26,27). The predicted molar refractivity (Wildman–Crippen MR) is 114 cm³/mol. The van der Waals surface area contributed by atoms with Crippen molar-refractivity contribution in [3.05, 3.63) is 78.5 Å². The smallest absolute Gasteiger partial charge is 0.255 e. The van der Waals surface area contributed by atoms with Crippen molar-refractivity contribution < 1.29 is 9.53 Å². The SMILES string of the molecule is COc1ccc2nc(-c3ccc(C(=O)Nc4ccc5[nH]ccc5c4)cc3)[nH]c2c1. The van der Waals surface area contributed by atoms with Gasteiger partial charge in [0.2, 0.25) is 0 Å². The minimum atomic E-state index is -0.152. The highest BCUT2D eigenvalue weighted by molar-refractivity contribution is 6.05. The number of benzene rings is 3. The van der Waals surface area contributed by atoms with Crippen molar-refractivity contribution in [1.82, 2.24) is 15.0 Å². The van der Waals surface area contributed by atoms with Crippen molar-refractivity contribution in [3.8, 4) is 17.1 Å². The van der Waals surface area contributed by atoms with E-state index in [0.29, 0.717) is 5.56 Å². The molecule has 2 aromatic heterocycles. The lowest BCUT2D eigenvalue weighted by Gasteiger charge is -2.06. The van der Waals surface area contributed by atoms with Crippen molar-refractivity contribution in [2.45, 2.75) is 0 Å². The number of aromatic nitrogens is 3. The minimum absolute atomic E-state index is 0.152. The zero-order valence-electron chi connectivity index (χ0n) is 15.7. The number of methoxy groups -OCH3 is 1. The summed E-state index contributed by atoms with van der Waals surface area (Å²) < 4.78 is 5.25. The van der Waals surface area contributed by atoms with E-state index in [1.54, 1.807) is 19.2 Å². The molecule has 0 spiro atoms. The van der Waals surface area contributed by atoms with E-state index in [4.69, 9.17) is 4.74 Å². The number of carbonyl (C=O) groups is 1. The molecular formula is C23H18N4O2. The Hall–Kier alpha value is -4.06. The molecule has 0 bridgehead atoms. The second kappa shape index (κ2) is 6.83. The largest absolute Gasteiger partial charge is 0.497 e. The number of hydrogen-bond acceptors (Lipinski definition) is 3. The number of carbonyl (C=O) groups excluding carboxylic acids is 1. The molecule has 1 amide bonds. The molecule has 0 aliphatic carbocycles. The second-order valence-electron chi connectivity index (χ2n) is 6.78. The first-order chi connectivity index (χ1) is 14.2. The van der Waals surface area contributed by atoms with Crippen LogP contribution in [0.1, 0.15) is 10.4 Å². The van der Waals surface area contributed by atoms with Crippen LogP contribution in [0.4, 0.5) is 5.69 Å². The van der Waals surface area contributed by atoms with Crippen molar-refractivity contribution in [1.29, 1.82) is 0 Å². The number of imidazole rings is 1. The number of aromatic amines is 2. The van der Waals surface area contributed by atoms with Crippen LogP contribution in [0.25, 0.3) is 33.3 Å². The summed E-state index contributed by atoms with van der Waals surface area (Å²) in [5.41, 5.74) is 5.06. The lowest BCUT2D eigenvalue weighted by atomic mass is 10.1. The van der Waals surface area contributed by atoms with Gasteiger partial charge in [0.15, 0.2) is 0 Å². The van der Waals surface area contributed by atoms with Crippen molar-refractivity contribution >= 4 is 33.5 Å². The van der Waals surface area contributed by atoms with E-state index in [1.807, 2.05) is 60.8 Å². The van der Waals surface area contributed by atoms with Crippen LogP contribution in [0.15, 0.2) is 72.9 Å². The molecule has 0 fully saturated rings. The van der Waals surface area contributed by atoms with Crippen LogP contribution in [-0.2, 0) is 0 Å². The van der Waals surface area contributed by atoms with E-state index in [9.17, 15) is 4.79 Å². The zero-order valence-corrected chi connectivity index (χ0v) is 15.7. The molecule has 6 heteroatoms. The van der Waals surface area contributed by atoms with E-state index in [0.717, 1.165) is 44.8 Å². The van der Waals surface area contributed by atoms with Crippen molar-refractivity contribution in [3.63, 3.8) is 0 Å². The normalized spacial score (nSPS) is 11.1. The number of amides is 1. The number of rotatable bonds is 4. The van der Waals surface area contributed by atoms with Gasteiger partial charge in [-0.3, -0.25) is 4.79 Å². The number of nitrogens with one attached hydrogen (secondary N) is 3. The highest BCUT2D eigenvalue weighted by Gasteiger charge is 2.10. The molecule has 5 aromatic rings. The maximum absolute atomic E-state index is 12.6. The third-order valence-electron chi connectivity index (χ3n) is 4.92. The highest BCUT2D eigenvalue weighted by Crippen LogP contribution is 2.24. The van der Waals surface area contributed by atoms with Crippen LogP contribution in [-0.4, -0.2) is 28.0 Å². The van der Waals surface area contributed by atoms with Gasteiger partial charge >= 0.3 is 0 Å². The summed E-state index contributed by atoms with van der Waals surface area (Å²) in [6.45, 7) is 0. The molecule has 29 heavy (non-hydrogen) atoms. The number of anilines is 1. The lowest BCUT2D eigenvalue weighted by molar-refractivity contribution is 0.102. The topological polar surface area (TPSA) is 82.8 Å². The Bertz CT molecular complexity index is 1330. The van der Waals surface area contributed by atoms with E-state index < -0.39 is 0 Å². The monoisotopic (exact) mass is 382 g/mol. The van der Waals surface area contributed by atoms with Gasteiger partial charge in [0.25, 0.3) is 5.91 Å². The summed E-state index contributed by atoms with van der Waals surface area (Å²) in [6.07, 6.45) is 1.88. The van der Waals surface area contributed by atoms with Gasteiger partial charge in [0.05, 0.1) is 18.1 Å². The van der Waals surface area contributed by atoms with Gasteiger partial charge < -0.3 is 20.0 Å². The molecule has 0 saturated heterocycles. The fraction of sp³-hybridized carbons (Fsp3) is 0.0435. The Labute approximate surface area is 166 Å². The van der Waals surface area contributed by atoms with E-state index in [2.05, 4.69) is 20.3 Å². The van der Waals surface area contributed by atoms with E-state index >= 15 is 0 Å². The fourth-order valence-electron chi connectivity index (χ4n) is 3.37. The molecule has 0 unspecified atom stereocenters. The summed E-state index contributed by atoms with van der Waals surface area (Å²) >= 11 is 0. The highest BCUT2D eigenvalue weighted by atomic mass is 16.5. The first-order valence-corrected chi connectivity index (χ1v) is 9.22. The van der Waals surface area contributed by atoms with Gasteiger partial charge in [-0.15, -0.1) is 0 Å². The molecule has 0 atom stereocenters. The Balaban J connectivity index is 1.37. The summed E-state index contributed by atoms with van der Waals surface area (Å²) in [7, 11) is 1.64. The van der Waals surface area contributed by atoms with E-state index in [-0.39, 0.29) is 5.91 Å². The quantitative estimate of drug-likeness (QED) is 0.410. The summed E-state index contributed by atoms with van der Waals surface area (Å²) in [5.74, 6) is 1.37. The molecule has 2 heterocycles. The van der Waals surface area contributed by atoms with Gasteiger partial charge in [0.1, 0.15) is 11.6 Å². The van der Waals surface area contributed by atoms with Crippen molar-refractivity contribution in [2.75, 3.05) is 12.4 Å². The third kappa shape index (κ3) is 3.21. The summed E-state index contributed by atoms with van der Waals surface area (Å²) in [6, 6.07) is 20.8. The van der Waals surface area contributed by atoms with Crippen LogP contribution in [0.2, 0.25) is 0 Å². The molecule has 5 rings (SSSR count). The van der Waals surface area contributed by atoms with Gasteiger partial charge in [-0.05, 0) is 48.5 Å². The second-order valence-corrected chi connectivity index (χ2v) is 6.78. The van der Waals surface area contributed by atoms with Gasteiger partial charge in [0, 0.05) is 40.0 Å². The first kappa shape index (κ1) is 17.1. The fourth-order valence-corrected chi connectivity index (χ4v) is 3.37. The van der Waals surface area contributed by atoms with Crippen molar-refractivity contribution in [2.24, 2.45) is 0 Å². The summed E-state index contributed by atoms with van der Waals surface area (Å²) in [5, 5.41) is 4.00. The molecule has 0 aliphatic heterocycles. The Morgan fingerprint density at radius 1 is 0.966 bits per heavy atom. The average molecular weight is 382 g/mol. The maximum atomic E-state index is 12.6. The number of H-pyrrole nitrogens is 2. The molecule has 0 radical (unpaired) electrons. The molecule has 6 nitrogen and oxygen atoms in total. The van der Waals surface area contributed by atoms with Crippen LogP contribution in [0, 0.1) is 0 Å². The van der Waals surface area contributed by atoms with Crippen LogP contribution in [0.5, 0.6) is 5.75 Å². The summed E-state index contributed by atoms with van der Waals surface area (Å²) in [4.78, 5) is 23.6.